The van der Waals surface area contributed by atoms with Crippen LogP contribution in [-0.2, 0) is 4.74 Å². The van der Waals surface area contributed by atoms with Gasteiger partial charge in [0.15, 0.2) is 16.9 Å². The predicted octanol–water partition coefficient (Wildman–Crippen LogP) is -0.243. The summed E-state index contributed by atoms with van der Waals surface area (Å²) in [5.74, 6) is -3.63. The van der Waals surface area contributed by atoms with Crippen LogP contribution in [0.3, 0.4) is 0 Å². The highest BCUT2D eigenvalue weighted by atomic mass is 16.7. The molecule has 1 saturated heterocycles. The molecule has 4 atom stereocenters. The third kappa shape index (κ3) is 3.51. The fourth-order valence-electron chi connectivity index (χ4n) is 3.57. The van der Waals surface area contributed by atoms with E-state index >= 15 is 0 Å². The number of phenolic OH excluding ortho intramolecular Hbond substituents is 3. The summed E-state index contributed by atoms with van der Waals surface area (Å²) in [7, 11) is 0. The van der Waals surface area contributed by atoms with Crippen molar-refractivity contribution in [3.05, 3.63) is 46.6 Å². The molecule has 1 aromatic heterocycles. The fraction of sp³-hybridized carbons (Fsp3) is 0.286. The van der Waals surface area contributed by atoms with Gasteiger partial charge in [0.25, 0.3) is 5.79 Å². The second-order valence-corrected chi connectivity index (χ2v) is 7.34. The minimum atomic E-state index is -2.15. The summed E-state index contributed by atoms with van der Waals surface area (Å²) in [4.78, 5) is 12.6. The van der Waals surface area contributed by atoms with E-state index < -0.39 is 54.2 Å². The molecule has 4 rings (SSSR count). The third-order valence-electron chi connectivity index (χ3n) is 5.24. The molecule has 0 aliphatic carbocycles. The zero-order valence-electron chi connectivity index (χ0n) is 16.4. The maximum atomic E-state index is 12.6. The molecule has 11 nitrogen and oxygen atoms in total. The van der Waals surface area contributed by atoms with Crippen molar-refractivity contribution in [1.82, 2.24) is 0 Å². The SMILES string of the molecule is O=c1cc(-c2ccc(O)c(O)c2)oc2cc(OC3(CO)OC(CO)C(O)C3O)cc(O)c12. The van der Waals surface area contributed by atoms with Gasteiger partial charge in [0.05, 0.1) is 6.61 Å². The quantitative estimate of drug-likeness (QED) is 0.255. The second kappa shape index (κ2) is 7.97. The lowest BCUT2D eigenvalue weighted by Gasteiger charge is -2.30. The topological polar surface area (TPSA) is 190 Å². The number of phenols is 3. The van der Waals surface area contributed by atoms with E-state index in [2.05, 4.69) is 0 Å². The zero-order chi connectivity index (χ0) is 23.2. The van der Waals surface area contributed by atoms with E-state index in [1.165, 1.54) is 24.3 Å². The number of rotatable bonds is 5. The average molecular weight is 448 g/mol. The molecular formula is C21H20O11. The van der Waals surface area contributed by atoms with Crippen molar-refractivity contribution in [2.24, 2.45) is 0 Å². The Bertz CT molecular complexity index is 1220. The van der Waals surface area contributed by atoms with Gasteiger partial charge < -0.3 is 49.6 Å². The van der Waals surface area contributed by atoms with Crippen LogP contribution in [0, 0.1) is 0 Å². The molecule has 2 heterocycles. The Morgan fingerprint density at radius 2 is 1.72 bits per heavy atom. The van der Waals surface area contributed by atoms with Crippen LogP contribution in [0.1, 0.15) is 0 Å². The van der Waals surface area contributed by atoms with Crippen molar-refractivity contribution in [2.75, 3.05) is 13.2 Å². The average Bonchev–Trinajstić information content (AvgIpc) is 3.00. The van der Waals surface area contributed by atoms with E-state index in [4.69, 9.17) is 13.9 Å². The standard InChI is InChI=1S/C21H20O11/c22-7-17-19(28)20(29)21(8-23,32-17)31-10-4-13(26)18-14(27)6-15(30-16(18)5-10)9-1-2-11(24)12(25)3-9/h1-6,17,19-20,22-26,28-29H,7-8H2. The number of hydrogen-bond donors (Lipinski definition) is 7. The summed E-state index contributed by atoms with van der Waals surface area (Å²) in [6.07, 6.45) is -4.51. The largest absolute Gasteiger partial charge is 0.507 e. The fourth-order valence-corrected chi connectivity index (χ4v) is 3.57. The number of benzene rings is 2. The molecule has 0 spiro atoms. The normalized spacial score (nSPS) is 25.3. The van der Waals surface area contributed by atoms with Gasteiger partial charge in [0.1, 0.15) is 53.1 Å². The van der Waals surface area contributed by atoms with Gasteiger partial charge in [-0.2, -0.15) is 0 Å². The molecule has 2 aromatic carbocycles. The number of hydrogen-bond acceptors (Lipinski definition) is 11. The summed E-state index contributed by atoms with van der Waals surface area (Å²) in [5, 5.41) is 68.7. The lowest BCUT2D eigenvalue weighted by atomic mass is 10.1. The van der Waals surface area contributed by atoms with Crippen LogP contribution in [0.15, 0.2) is 45.6 Å². The molecule has 3 aromatic rings. The minimum absolute atomic E-state index is 0.0131. The van der Waals surface area contributed by atoms with Gasteiger partial charge in [-0.25, -0.2) is 0 Å². The van der Waals surface area contributed by atoms with Crippen LogP contribution in [0.4, 0.5) is 0 Å². The van der Waals surface area contributed by atoms with Crippen LogP contribution >= 0.6 is 0 Å². The van der Waals surface area contributed by atoms with Gasteiger partial charge in [0, 0.05) is 23.8 Å². The first-order valence-electron chi connectivity index (χ1n) is 9.47. The maximum Gasteiger partial charge on any atom is 0.263 e. The van der Waals surface area contributed by atoms with E-state index in [9.17, 15) is 40.5 Å². The molecule has 0 bridgehead atoms. The Kier molecular flexibility index (Phi) is 5.44. The van der Waals surface area contributed by atoms with Crippen LogP contribution in [0.5, 0.6) is 23.0 Å². The van der Waals surface area contributed by atoms with Crippen LogP contribution in [0.25, 0.3) is 22.3 Å². The Hall–Kier alpha value is -3.35. The third-order valence-corrected chi connectivity index (χ3v) is 5.24. The molecule has 4 unspecified atom stereocenters. The molecule has 0 saturated carbocycles. The summed E-state index contributed by atoms with van der Waals surface area (Å²) in [5.41, 5.74) is -0.474. The Morgan fingerprint density at radius 1 is 0.969 bits per heavy atom. The first kappa shape index (κ1) is 21.9. The highest BCUT2D eigenvalue weighted by Gasteiger charge is 2.56. The van der Waals surface area contributed by atoms with Crippen LogP contribution < -0.4 is 10.2 Å². The first-order valence-corrected chi connectivity index (χ1v) is 9.47. The minimum Gasteiger partial charge on any atom is -0.507 e. The maximum absolute atomic E-state index is 12.6. The van der Waals surface area contributed by atoms with Crippen molar-refractivity contribution in [3.8, 4) is 34.3 Å². The highest BCUT2D eigenvalue weighted by molar-refractivity contribution is 5.86. The van der Waals surface area contributed by atoms with Crippen LogP contribution in [0.2, 0.25) is 0 Å². The van der Waals surface area contributed by atoms with Gasteiger partial charge in [-0.3, -0.25) is 4.79 Å². The number of aromatic hydroxyl groups is 3. The number of aliphatic hydroxyl groups is 4. The van der Waals surface area contributed by atoms with Crippen molar-refractivity contribution in [3.63, 3.8) is 0 Å². The second-order valence-electron chi connectivity index (χ2n) is 7.34. The summed E-state index contributed by atoms with van der Waals surface area (Å²) in [6.45, 7) is -1.55. The summed E-state index contributed by atoms with van der Waals surface area (Å²) < 4.78 is 16.5. The molecular weight excluding hydrogens is 428 g/mol. The smallest absolute Gasteiger partial charge is 0.263 e. The van der Waals surface area contributed by atoms with Gasteiger partial charge in [-0.1, -0.05) is 0 Å². The van der Waals surface area contributed by atoms with E-state index in [1.807, 2.05) is 0 Å². The van der Waals surface area contributed by atoms with E-state index in [0.717, 1.165) is 12.1 Å². The lowest BCUT2D eigenvalue weighted by Crippen LogP contribution is -2.51. The van der Waals surface area contributed by atoms with Gasteiger partial charge in [-0.05, 0) is 18.2 Å². The molecule has 1 aliphatic heterocycles. The van der Waals surface area contributed by atoms with E-state index in [1.54, 1.807) is 0 Å². The van der Waals surface area contributed by atoms with Crippen molar-refractivity contribution < 1.29 is 49.6 Å². The van der Waals surface area contributed by atoms with Crippen molar-refractivity contribution in [2.45, 2.75) is 24.1 Å². The van der Waals surface area contributed by atoms with Crippen molar-refractivity contribution in [1.29, 1.82) is 0 Å². The van der Waals surface area contributed by atoms with Crippen molar-refractivity contribution >= 4 is 11.0 Å². The van der Waals surface area contributed by atoms with E-state index in [-0.39, 0.29) is 33.8 Å². The molecule has 1 aliphatic rings. The summed E-state index contributed by atoms with van der Waals surface area (Å²) >= 11 is 0. The monoisotopic (exact) mass is 448 g/mol. The lowest BCUT2D eigenvalue weighted by molar-refractivity contribution is -0.230. The molecule has 0 amide bonds. The van der Waals surface area contributed by atoms with E-state index in [0.29, 0.717) is 0 Å². The molecule has 1 fully saturated rings. The molecule has 32 heavy (non-hydrogen) atoms. The highest BCUT2D eigenvalue weighted by Crippen LogP contribution is 2.38. The first-order chi connectivity index (χ1) is 15.2. The Labute approximate surface area is 179 Å². The van der Waals surface area contributed by atoms with Gasteiger partial charge in [-0.15, -0.1) is 0 Å². The summed E-state index contributed by atoms with van der Waals surface area (Å²) in [6, 6.07) is 7.12. The van der Waals surface area contributed by atoms with Gasteiger partial charge >= 0.3 is 0 Å². The van der Waals surface area contributed by atoms with Gasteiger partial charge in [0.2, 0.25) is 0 Å². The van der Waals surface area contributed by atoms with Crippen LogP contribution in [-0.4, -0.2) is 73.1 Å². The number of aliphatic hydroxyl groups excluding tert-OH is 4. The Morgan fingerprint density at radius 3 is 2.34 bits per heavy atom. The molecule has 7 N–H and O–H groups in total. The predicted molar refractivity (Wildman–Crippen MR) is 107 cm³/mol. The number of ether oxygens (including phenoxy) is 2. The Balaban J connectivity index is 1.78. The zero-order valence-corrected chi connectivity index (χ0v) is 16.4. The molecule has 170 valence electrons. The molecule has 11 heteroatoms. The molecule has 0 radical (unpaired) electrons. The number of fused-ring (bicyclic) bond motifs is 1.